The summed E-state index contributed by atoms with van der Waals surface area (Å²) < 4.78 is 15.1. The van der Waals surface area contributed by atoms with E-state index in [0.717, 1.165) is 5.56 Å². The van der Waals surface area contributed by atoms with Gasteiger partial charge in [-0.3, -0.25) is 4.90 Å². The van der Waals surface area contributed by atoms with E-state index in [9.17, 15) is 4.79 Å². The van der Waals surface area contributed by atoms with E-state index in [2.05, 4.69) is 10.1 Å². The Bertz CT molecular complexity index is 614. The molecule has 110 valence electrons. The van der Waals surface area contributed by atoms with E-state index in [0.29, 0.717) is 18.3 Å². The molecule has 1 aliphatic rings. The van der Waals surface area contributed by atoms with Crippen molar-refractivity contribution in [2.24, 2.45) is 0 Å². The number of nitrogens with zero attached hydrogens (tertiary/aromatic N) is 3. The number of cyclic esters (lactones) is 1. The minimum atomic E-state index is -0.373. The molecular formula is C14H15N3O4. The van der Waals surface area contributed by atoms with Gasteiger partial charge in [0.1, 0.15) is 13.2 Å². The van der Waals surface area contributed by atoms with E-state index in [1.807, 2.05) is 30.3 Å². The van der Waals surface area contributed by atoms with Crippen LogP contribution in [-0.4, -0.2) is 34.9 Å². The Hall–Kier alpha value is -2.41. The molecule has 7 nitrogen and oxygen atoms in total. The molecule has 21 heavy (non-hydrogen) atoms. The highest BCUT2D eigenvalue weighted by atomic mass is 16.6. The number of hydrogen-bond acceptors (Lipinski definition) is 6. The van der Waals surface area contributed by atoms with Crippen molar-refractivity contribution in [1.29, 1.82) is 0 Å². The molecule has 0 N–H and O–H groups in total. The van der Waals surface area contributed by atoms with Crippen molar-refractivity contribution in [1.82, 2.24) is 15.0 Å². The fourth-order valence-corrected chi connectivity index (χ4v) is 2.27. The van der Waals surface area contributed by atoms with Crippen molar-refractivity contribution in [2.75, 3.05) is 13.7 Å². The van der Waals surface area contributed by atoms with Crippen LogP contribution in [0.2, 0.25) is 0 Å². The summed E-state index contributed by atoms with van der Waals surface area (Å²) in [6, 6.07) is 9.59. The van der Waals surface area contributed by atoms with Gasteiger partial charge in [-0.25, -0.2) is 4.79 Å². The minimum absolute atomic E-state index is 0.136. The Morgan fingerprint density at radius 1 is 1.38 bits per heavy atom. The Morgan fingerprint density at radius 3 is 2.95 bits per heavy atom. The Kier molecular flexibility index (Phi) is 3.83. The fraction of sp³-hybridized carbons (Fsp3) is 0.357. The van der Waals surface area contributed by atoms with Crippen molar-refractivity contribution in [3.63, 3.8) is 0 Å². The van der Waals surface area contributed by atoms with Gasteiger partial charge < -0.3 is 14.0 Å². The van der Waals surface area contributed by atoms with Gasteiger partial charge in [0.15, 0.2) is 5.82 Å². The number of ether oxygens (including phenoxy) is 2. The second-order valence-corrected chi connectivity index (χ2v) is 4.67. The minimum Gasteiger partial charge on any atom is -0.447 e. The summed E-state index contributed by atoms with van der Waals surface area (Å²) in [6.07, 6.45) is -0.373. The molecule has 1 aromatic heterocycles. The molecule has 2 heterocycles. The molecule has 1 fully saturated rings. The second-order valence-electron chi connectivity index (χ2n) is 4.67. The van der Waals surface area contributed by atoms with Crippen LogP contribution in [0.1, 0.15) is 23.3 Å². The van der Waals surface area contributed by atoms with Crippen LogP contribution in [0.3, 0.4) is 0 Å². The lowest BCUT2D eigenvalue weighted by Crippen LogP contribution is -2.27. The predicted molar refractivity (Wildman–Crippen MR) is 71.1 cm³/mol. The summed E-state index contributed by atoms with van der Waals surface area (Å²) in [4.78, 5) is 17.7. The third-order valence-corrected chi connectivity index (χ3v) is 3.25. The molecule has 2 aromatic rings. The highest BCUT2D eigenvalue weighted by molar-refractivity contribution is 5.70. The third kappa shape index (κ3) is 2.87. The van der Waals surface area contributed by atoms with Crippen LogP contribution in [0.5, 0.6) is 0 Å². The summed E-state index contributed by atoms with van der Waals surface area (Å²) in [7, 11) is 1.55. The van der Waals surface area contributed by atoms with Gasteiger partial charge in [0.2, 0.25) is 0 Å². The lowest BCUT2D eigenvalue weighted by atomic mass is 10.1. The average Bonchev–Trinajstić information content (AvgIpc) is 3.09. The average molecular weight is 289 g/mol. The summed E-state index contributed by atoms with van der Waals surface area (Å²) in [5, 5.41) is 3.85. The summed E-state index contributed by atoms with van der Waals surface area (Å²) >= 11 is 0. The van der Waals surface area contributed by atoms with Gasteiger partial charge >= 0.3 is 6.09 Å². The predicted octanol–water partition coefficient (Wildman–Crippen LogP) is 1.91. The Labute approximate surface area is 121 Å². The number of carbonyl (C=O) groups excluding carboxylic acids is 1. The molecule has 0 unspecified atom stereocenters. The standard InChI is InChI=1S/C14H15N3O4/c1-19-9-13-15-12(16-21-13)7-17-11(8-20-14(17)18)10-5-3-2-4-6-10/h2-6,11H,7-9H2,1H3/t11-/m1/s1. The molecule has 1 atom stereocenters. The highest BCUT2D eigenvalue weighted by Gasteiger charge is 2.34. The maximum atomic E-state index is 11.9. The van der Waals surface area contributed by atoms with E-state index < -0.39 is 0 Å². The molecule has 0 spiro atoms. The number of hydrogen-bond donors (Lipinski definition) is 0. The number of rotatable bonds is 5. The quantitative estimate of drug-likeness (QED) is 0.836. The van der Waals surface area contributed by atoms with Crippen molar-refractivity contribution in [3.8, 4) is 0 Å². The first-order valence-corrected chi connectivity index (χ1v) is 6.56. The van der Waals surface area contributed by atoms with Gasteiger partial charge in [-0.05, 0) is 5.56 Å². The summed E-state index contributed by atoms with van der Waals surface area (Å²) in [6.45, 7) is 0.816. The van der Waals surface area contributed by atoms with Crippen molar-refractivity contribution in [2.45, 2.75) is 19.2 Å². The SMILES string of the molecule is COCc1nc(CN2C(=O)OC[C@@H]2c2ccccc2)no1. The maximum Gasteiger partial charge on any atom is 0.410 e. The first-order chi connectivity index (χ1) is 10.3. The molecule has 1 aromatic carbocycles. The first-order valence-electron chi connectivity index (χ1n) is 6.56. The molecule has 1 saturated heterocycles. The second kappa shape index (κ2) is 5.92. The fourth-order valence-electron chi connectivity index (χ4n) is 2.27. The monoisotopic (exact) mass is 289 g/mol. The zero-order chi connectivity index (χ0) is 14.7. The Morgan fingerprint density at radius 2 is 2.19 bits per heavy atom. The van der Waals surface area contributed by atoms with Crippen LogP contribution in [0.4, 0.5) is 4.79 Å². The van der Waals surface area contributed by atoms with Gasteiger partial charge in [-0.15, -0.1) is 0 Å². The van der Waals surface area contributed by atoms with Crippen molar-refractivity contribution in [3.05, 3.63) is 47.6 Å². The van der Waals surface area contributed by atoms with Crippen molar-refractivity contribution < 1.29 is 18.8 Å². The molecule has 0 bridgehead atoms. The van der Waals surface area contributed by atoms with E-state index in [1.165, 1.54) is 0 Å². The van der Waals surface area contributed by atoms with E-state index in [1.54, 1.807) is 12.0 Å². The van der Waals surface area contributed by atoms with Gasteiger partial charge in [0.25, 0.3) is 5.89 Å². The molecule has 0 saturated carbocycles. The lowest BCUT2D eigenvalue weighted by Gasteiger charge is -2.19. The van der Waals surface area contributed by atoms with Crippen LogP contribution in [0.25, 0.3) is 0 Å². The zero-order valence-electron chi connectivity index (χ0n) is 11.6. The molecule has 1 aliphatic heterocycles. The molecular weight excluding hydrogens is 274 g/mol. The topological polar surface area (TPSA) is 77.7 Å². The molecule has 0 aliphatic carbocycles. The molecule has 0 radical (unpaired) electrons. The number of amides is 1. The van der Waals surface area contributed by atoms with Crippen LogP contribution >= 0.6 is 0 Å². The number of aromatic nitrogens is 2. The molecule has 7 heteroatoms. The smallest absolute Gasteiger partial charge is 0.410 e. The maximum absolute atomic E-state index is 11.9. The third-order valence-electron chi connectivity index (χ3n) is 3.25. The number of methoxy groups -OCH3 is 1. The van der Waals surface area contributed by atoms with Gasteiger partial charge in [-0.1, -0.05) is 35.5 Å². The van der Waals surface area contributed by atoms with Gasteiger partial charge in [-0.2, -0.15) is 4.98 Å². The van der Waals surface area contributed by atoms with E-state index >= 15 is 0 Å². The lowest BCUT2D eigenvalue weighted by molar-refractivity contribution is 0.151. The van der Waals surface area contributed by atoms with Gasteiger partial charge in [0, 0.05) is 7.11 Å². The normalized spacial score (nSPS) is 18.0. The van der Waals surface area contributed by atoms with Gasteiger partial charge in [0.05, 0.1) is 12.6 Å². The van der Waals surface area contributed by atoms with E-state index in [4.69, 9.17) is 14.0 Å². The van der Waals surface area contributed by atoms with Crippen LogP contribution < -0.4 is 0 Å². The Balaban J connectivity index is 1.76. The molecule has 1 amide bonds. The summed E-state index contributed by atoms with van der Waals surface area (Å²) in [5.41, 5.74) is 1.02. The largest absolute Gasteiger partial charge is 0.447 e. The van der Waals surface area contributed by atoms with E-state index in [-0.39, 0.29) is 25.3 Å². The first kappa shape index (κ1) is 13.6. The molecule has 3 rings (SSSR count). The van der Waals surface area contributed by atoms with Crippen LogP contribution in [0.15, 0.2) is 34.9 Å². The summed E-state index contributed by atoms with van der Waals surface area (Å²) in [5.74, 6) is 0.818. The van der Waals surface area contributed by atoms with Crippen LogP contribution in [-0.2, 0) is 22.6 Å². The zero-order valence-corrected chi connectivity index (χ0v) is 11.6. The number of benzene rings is 1. The highest BCUT2D eigenvalue weighted by Crippen LogP contribution is 2.28. The van der Waals surface area contributed by atoms with Crippen LogP contribution in [0, 0.1) is 0 Å². The number of carbonyl (C=O) groups is 1. The van der Waals surface area contributed by atoms with Crippen molar-refractivity contribution >= 4 is 6.09 Å².